The van der Waals surface area contributed by atoms with Crippen molar-refractivity contribution in [1.82, 2.24) is 5.32 Å². The second kappa shape index (κ2) is 7.28. The molecule has 0 saturated carbocycles. The van der Waals surface area contributed by atoms with Crippen molar-refractivity contribution in [2.24, 2.45) is 0 Å². The number of carbonyl (C=O) groups is 1. The number of para-hydroxylation sites is 1. The summed E-state index contributed by atoms with van der Waals surface area (Å²) in [5.74, 6) is -0.301. The number of amides is 1. The first kappa shape index (κ1) is 17.0. The van der Waals surface area contributed by atoms with Crippen LogP contribution in [0.25, 0.3) is 0 Å². The Balaban J connectivity index is 2.03. The molecule has 122 valence electrons. The van der Waals surface area contributed by atoms with Crippen LogP contribution in [-0.2, 0) is 16.4 Å². The minimum atomic E-state index is -3.43. The minimum absolute atomic E-state index is 0.281. The SMILES string of the molecule is Cc1ccccc1CCNC(=O)c1ccccc1NS(C)(=O)=O. The molecule has 0 atom stereocenters. The van der Waals surface area contributed by atoms with Crippen LogP contribution in [0.15, 0.2) is 48.5 Å². The standard InChI is InChI=1S/C17H20N2O3S/c1-13-7-3-4-8-14(13)11-12-18-17(20)15-9-5-6-10-16(15)19-23(2,21)22/h3-10,19H,11-12H2,1-2H3,(H,18,20). The van der Waals surface area contributed by atoms with E-state index in [4.69, 9.17) is 0 Å². The van der Waals surface area contributed by atoms with Crippen molar-refractivity contribution in [1.29, 1.82) is 0 Å². The van der Waals surface area contributed by atoms with E-state index in [-0.39, 0.29) is 11.6 Å². The molecule has 0 spiro atoms. The molecular formula is C17H20N2O3S. The van der Waals surface area contributed by atoms with Crippen LogP contribution in [-0.4, -0.2) is 27.1 Å². The van der Waals surface area contributed by atoms with Gasteiger partial charge in [-0.3, -0.25) is 9.52 Å². The van der Waals surface area contributed by atoms with Crippen LogP contribution < -0.4 is 10.0 Å². The average molecular weight is 332 g/mol. The number of aryl methyl sites for hydroxylation is 1. The zero-order valence-electron chi connectivity index (χ0n) is 13.2. The molecule has 5 nitrogen and oxygen atoms in total. The van der Waals surface area contributed by atoms with Gasteiger partial charge < -0.3 is 5.32 Å². The topological polar surface area (TPSA) is 75.3 Å². The van der Waals surface area contributed by atoms with Gasteiger partial charge in [0.15, 0.2) is 0 Å². The Morgan fingerprint density at radius 1 is 1.04 bits per heavy atom. The Hall–Kier alpha value is -2.34. The molecule has 6 heteroatoms. The third-order valence-corrected chi connectivity index (χ3v) is 4.00. The summed E-state index contributed by atoms with van der Waals surface area (Å²) in [5.41, 5.74) is 2.95. The van der Waals surface area contributed by atoms with E-state index in [1.54, 1.807) is 24.3 Å². The highest BCUT2D eigenvalue weighted by atomic mass is 32.2. The fourth-order valence-corrected chi connectivity index (χ4v) is 2.84. The van der Waals surface area contributed by atoms with Gasteiger partial charge in [0.2, 0.25) is 10.0 Å². The summed E-state index contributed by atoms with van der Waals surface area (Å²) in [6.07, 6.45) is 1.78. The van der Waals surface area contributed by atoms with Gasteiger partial charge in [-0.25, -0.2) is 8.42 Å². The number of sulfonamides is 1. The first-order valence-corrected chi connectivity index (χ1v) is 9.15. The molecule has 0 saturated heterocycles. The van der Waals surface area contributed by atoms with Crippen molar-refractivity contribution in [2.45, 2.75) is 13.3 Å². The fraction of sp³-hybridized carbons (Fsp3) is 0.235. The van der Waals surface area contributed by atoms with Gasteiger partial charge in [0.25, 0.3) is 5.91 Å². The second-order valence-electron chi connectivity index (χ2n) is 5.35. The Morgan fingerprint density at radius 3 is 2.39 bits per heavy atom. The third-order valence-electron chi connectivity index (χ3n) is 3.41. The number of nitrogens with one attached hydrogen (secondary N) is 2. The van der Waals surface area contributed by atoms with E-state index >= 15 is 0 Å². The molecule has 23 heavy (non-hydrogen) atoms. The first-order chi connectivity index (χ1) is 10.9. The summed E-state index contributed by atoms with van der Waals surface area (Å²) in [4.78, 5) is 12.3. The number of hydrogen-bond acceptors (Lipinski definition) is 3. The molecule has 0 aromatic heterocycles. The lowest BCUT2D eigenvalue weighted by atomic mass is 10.1. The number of rotatable bonds is 6. The van der Waals surface area contributed by atoms with Crippen LogP contribution >= 0.6 is 0 Å². The van der Waals surface area contributed by atoms with Crippen molar-refractivity contribution in [3.63, 3.8) is 0 Å². The number of carbonyl (C=O) groups excluding carboxylic acids is 1. The largest absolute Gasteiger partial charge is 0.352 e. The molecule has 0 heterocycles. The van der Waals surface area contributed by atoms with Crippen LogP contribution in [0.3, 0.4) is 0 Å². The second-order valence-corrected chi connectivity index (χ2v) is 7.10. The molecule has 0 aliphatic heterocycles. The van der Waals surface area contributed by atoms with Gasteiger partial charge in [-0.15, -0.1) is 0 Å². The van der Waals surface area contributed by atoms with Crippen LogP contribution in [0.2, 0.25) is 0 Å². The summed E-state index contributed by atoms with van der Waals surface area (Å²) < 4.78 is 25.1. The van der Waals surface area contributed by atoms with E-state index in [1.807, 2.05) is 31.2 Å². The van der Waals surface area contributed by atoms with Crippen molar-refractivity contribution in [3.8, 4) is 0 Å². The lowest BCUT2D eigenvalue weighted by Gasteiger charge is -2.11. The molecule has 0 fully saturated rings. The van der Waals surface area contributed by atoms with Gasteiger partial charge >= 0.3 is 0 Å². The van der Waals surface area contributed by atoms with E-state index in [1.165, 1.54) is 11.1 Å². The van der Waals surface area contributed by atoms with E-state index in [0.717, 1.165) is 12.7 Å². The molecule has 0 aliphatic rings. The molecule has 0 aliphatic carbocycles. The molecule has 2 aromatic carbocycles. The summed E-state index contributed by atoms with van der Waals surface area (Å²) in [6.45, 7) is 2.51. The Bertz CT molecular complexity index is 801. The lowest BCUT2D eigenvalue weighted by molar-refractivity contribution is 0.0955. The zero-order chi connectivity index (χ0) is 16.9. The number of hydrogen-bond donors (Lipinski definition) is 2. The molecule has 0 radical (unpaired) electrons. The van der Waals surface area contributed by atoms with Gasteiger partial charge in [0.05, 0.1) is 17.5 Å². The molecule has 0 bridgehead atoms. The van der Waals surface area contributed by atoms with Gasteiger partial charge in [0, 0.05) is 6.54 Å². The van der Waals surface area contributed by atoms with Gasteiger partial charge in [-0.05, 0) is 36.6 Å². The Morgan fingerprint density at radius 2 is 1.70 bits per heavy atom. The van der Waals surface area contributed by atoms with Crippen LogP contribution in [0.4, 0.5) is 5.69 Å². The quantitative estimate of drug-likeness (QED) is 0.852. The monoisotopic (exact) mass is 332 g/mol. The maximum absolute atomic E-state index is 12.3. The number of benzene rings is 2. The molecule has 2 N–H and O–H groups in total. The molecule has 2 rings (SSSR count). The highest BCUT2D eigenvalue weighted by Gasteiger charge is 2.13. The predicted octanol–water partition coefficient (Wildman–Crippen LogP) is 2.34. The van der Waals surface area contributed by atoms with Crippen LogP contribution in [0.5, 0.6) is 0 Å². The van der Waals surface area contributed by atoms with Crippen molar-refractivity contribution >= 4 is 21.6 Å². The maximum Gasteiger partial charge on any atom is 0.253 e. The fourth-order valence-electron chi connectivity index (χ4n) is 2.27. The zero-order valence-corrected chi connectivity index (χ0v) is 14.0. The van der Waals surface area contributed by atoms with Crippen molar-refractivity contribution < 1.29 is 13.2 Å². The van der Waals surface area contributed by atoms with E-state index in [2.05, 4.69) is 10.0 Å². The average Bonchev–Trinajstić information content (AvgIpc) is 2.48. The molecule has 0 unspecified atom stereocenters. The van der Waals surface area contributed by atoms with Crippen molar-refractivity contribution in [2.75, 3.05) is 17.5 Å². The van der Waals surface area contributed by atoms with Gasteiger partial charge in [-0.2, -0.15) is 0 Å². The highest BCUT2D eigenvalue weighted by Crippen LogP contribution is 2.16. The van der Waals surface area contributed by atoms with E-state index in [9.17, 15) is 13.2 Å². The Kier molecular flexibility index (Phi) is 5.39. The molecular weight excluding hydrogens is 312 g/mol. The summed E-state index contributed by atoms with van der Waals surface area (Å²) in [5, 5.41) is 2.83. The molecule has 1 amide bonds. The Labute approximate surface area is 136 Å². The summed E-state index contributed by atoms with van der Waals surface area (Å²) >= 11 is 0. The summed E-state index contributed by atoms with van der Waals surface area (Å²) in [6, 6.07) is 14.5. The van der Waals surface area contributed by atoms with Crippen molar-refractivity contribution in [3.05, 3.63) is 65.2 Å². The third kappa shape index (κ3) is 5.10. The lowest BCUT2D eigenvalue weighted by Crippen LogP contribution is -2.27. The van der Waals surface area contributed by atoms with Crippen LogP contribution in [0, 0.1) is 6.92 Å². The normalized spacial score (nSPS) is 11.0. The summed E-state index contributed by atoms with van der Waals surface area (Å²) in [7, 11) is -3.43. The van der Waals surface area contributed by atoms with Gasteiger partial charge in [-0.1, -0.05) is 36.4 Å². The maximum atomic E-state index is 12.3. The van der Waals surface area contributed by atoms with Crippen LogP contribution in [0.1, 0.15) is 21.5 Å². The minimum Gasteiger partial charge on any atom is -0.352 e. The smallest absolute Gasteiger partial charge is 0.253 e. The highest BCUT2D eigenvalue weighted by molar-refractivity contribution is 7.92. The number of anilines is 1. The molecule has 2 aromatic rings. The van der Waals surface area contributed by atoms with Gasteiger partial charge in [0.1, 0.15) is 0 Å². The van der Waals surface area contributed by atoms with E-state index < -0.39 is 10.0 Å². The predicted molar refractivity (Wildman–Crippen MR) is 92.1 cm³/mol. The first-order valence-electron chi connectivity index (χ1n) is 7.26. The van der Waals surface area contributed by atoms with E-state index in [0.29, 0.717) is 12.1 Å².